The summed E-state index contributed by atoms with van der Waals surface area (Å²) in [7, 11) is 0. The molecular weight excluding hydrogens is 234 g/mol. The van der Waals surface area contributed by atoms with Crippen LogP contribution in [0, 0.1) is 11.6 Å². The smallest absolute Gasteiger partial charge is 0.159 e. The van der Waals surface area contributed by atoms with Gasteiger partial charge in [0, 0.05) is 12.1 Å². The van der Waals surface area contributed by atoms with E-state index in [0.717, 1.165) is 24.9 Å². The van der Waals surface area contributed by atoms with E-state index in [2.05, 4.69) is 4.90 Å². The summed E-state index contributed by atoms with van der Waals surface area (Å²) >= 11 is 0. The molecule has 18 heavy (non-hydrogen) atoms. The van der Waals surface area contributed by atoms with Gasteiger partial charge in [0.1, 0.15) is 0 Å². The first-order chi connectivity index (χ1) is 8.66. The van der Waals surface area contributed by atoms with Crippen LogP contribution in [-0.4, -0.2) is 23.5 Å². The Bertz CT molecular complexity index is 445. The molecule has 1 aromatic carbocycles. The predicted molar refractivity (Wildman–Crippen MR) is 66.0 cm³/mol. The summed E-state index contributed by atoms with van der Waals surface area (Å²) in [5.74, 6) is -1.57. The summed E-state index contributed by atoms with van der Waals surface area (Å²) in [6.45, 7) is 1.02. The van der Waals surface area contributed by atoms with Crippen molar-refractivity contribution in [1.82, 2.24) is 4.90 Å². The number of benzene rings is 1. The number of hydrogen-bond donors (Lipinski definition) is 1. The lowest BCUT2D eigenvalue weighted by molar-refractivity contribution is 0.119. The maximum atomic E-state index is 13.4. The Morgan fingerprint density at radius 2 is 1.89 bits per heavy atom. The molecule has 2 atom stereocenters. The molecule has 2 N–H and O–H groups in total. The van der Waals surface area contributed by atoms with E-state index in [-0.39, 0.29) is 12.1 Å². The van der Waals surface area contributed by atoms with Crippen molar-refractivity contribution < 1.29 is 8.78 Å². The normalized spacial score (nSPS) is 29.5. The fourth-order valence-electron chi connectivity index (χ4n) is 3.00. The average molecular weight is 252 g/mol. The minimum Gasteiger partial charge on any atom is -0.326 e. The molecule has 4 heteroatoms. The lowest BCUT2D eigenvalue weighted by atomic mass is 9.90. The Hall–Kier alpha value is -1.00. The number of piperidine rings is 1. The predicted octanol–water partition coefficient (Wildman–Crippen LogP) is 2.59. The molecule has 1 saturated carbocycles. The van der Waals surface area contributed by atoms with Crippen molar-refractivity contribution in [2.24, 2.45) is 5.73 Å². The number of nitrogens with zero attached hydrogens (tertiary/aromatic N) is 1. The first-order valence-corrected chi connectivity index (χ1v) is 6.63. The summed E-state index contributed by atoms with van der Waals surface area (Å²) in [6.07, 6.45) is 4.45. The summed E-state index contributed by atoms with van der Waals surface area (Å²) in [4.78, 5) is 2.38. The zero-order valence-corrected chi connectivity index (χ0v) is 10.3. The second kappa shape index (κ2) is 4.59. The molecule has 0 spiro atoms. The molecule has 2 unspecified atom stereocenters. The van der Waals surface area contributed by atoms with Crippen LogP contribution in [0.4, 0.5) is 8.78 Å². The molecule has 2 fully saturated rings. The Balaban J connectivity index is 1.92. The van der Waals surface area contributed by atoms with E-state index in [1.165, 1.54) is 25.0 Å². The number of nitrogens with two attached hydrogens (primary N) is 1. The van der Waals surface area contributed by atoms with Crippen LogP contribution < -0.4 is 5.73 Å². The summed E-state index contributed by atoms with van der Waals surface area (Å²) < 4.78 is 26.4. The van der Waals surface area contributed by atoms with Gasteiger partial charge in [0.05, 0.1) is 6.04 Å². The van der Waals surface area contributed by atoms with Crippen molar-refractivity contribution in [3.05, 3.63) is 35.4 Å². The van der Waals surface area contributed by atoms with E-state index in [4.69, 9.17) is 5.73 Å². The maximum absolute atomic E-state index is 13.4. The zero-order chi connectivity index (χ0) is 12.7. The molecule has 0 aromatic heterocycles. The Kier molecular flexibility index (Phi) is 3.08. The highest BCUT2D eigenvalue weighted by atomic mass is 19.2. The Labute approximate surface area is 106 Å². The number of rotatable bonds is 2. The quantitative estimate of drug-likeness (QED) is 0.876. The van der Waals surface area contributed by atoms with Crippen molar-refractivity contribution in [1.29, 1.82) is 0 Å². The van der Waals surface area contributed by atoms with Crippen LogP contribution in [0.5, 0.6) is 0 Å². The number of hydrogen-bond acceptors (Lipinski definition) is 2. The van der Waals surface area contributed by atoms with Crippen molar-refractivity contribution in [2.75, 3.05) is 6.54 Å². The third-order valence-electron chi connectivity index (χ3n) is 4.02. The molecule has 1 heterocycles. The van der Waals surface area contributed by atoms with E-state index in [0.29, 0.717) is 6.04 Å². The van der Waals surface area contributed by atoms with Gasteiger partial charge in [0.15, 0.2) is 11.6 Å². The van der Waals surface area contributed by atoms with E-state index in [1.807, 2.05) is 0 Å². The van der Waals surface area contributed by atoms with Gasteiger partial charge in [-0.15, -0.1) is 0 Å². The zero-order valence-electron chi connectivity index (χ0n) is 10.3. The largest absolute Gasteiger partial charge is 0.326 e. The fraction of sp³-hybridized carbons (Fsp3) is 0.571. The van der Waals surface area contributed by atoms with E-state index in [9.17, 15) is 8.78 Å². The molecule has 98 valence electrons. The standard InChI is InChI=1S/C14H18F2N2/c15-11-6-3-9(8-12(11)16)14-13(17)2-1-7-18(14)10-4-5-10/h3,6,8,10,13-14H,1-2,4-5,7,17H2. The van der Waals surface area contributed by atoms with Crippen LogP contribution in [-0.2, 0) is 0 Å². The number of halogens is 2. The maximum Gasteiger partial charge on any atom is 0.159 e. The van der Waals surface area contributed by atoms with Crippen LogP contribution in [0.15, 0.2) is 18.2 Å². The highest BCUT2D eigenvalue weighted by Gasteiger charge is 2.39. The molecule has 0 radical (unpaired) electrons. The molecule has 2 aliphatic rings. The van der Waals surface area contributed by atoms with Crippen LogP contribution in [0.1, 0.15) is 37.3 Å². The van der Waals surface area contributed by atoms with Gasteiger partial charge in [-0.1, -0.05) is 6.07 Å². The molecular formula is C14H18F2N2. The topological polar surface area (TPSA) is 29.3 Å². The van der Waals surface area contributed by atoms with Gasteiger partial charge in [0.25, 0.3) is 0 Å². The van der Waals surface area contributed by atoms with Gasteiger partial charge in [-0.2, -0.15) is 0 Å². The molecule has 1 aromatic rings. The van der Waals surface area contributed by atoms with Gasteiger partial charge in [0.2, 0.25) is 0 Å². The second-order valence-electron chi connectivity index (χ2n) is 5.39. The van der Waals surface area contributed by atoms with Gasteiger partial charge in [-0.3, -0.25) is 4.90 Å². The molecule has 1 aliphatic carbocycles. The van der Waals surface area contributed by atoms with Crippen LogP contribution in [0.3, 0.4) is 0 Å². The van der Waals surface area contributed by atoms with Crippen LogP contribution >= 0.6 is 0 Å². The van der Waals surface area contributed by atoms with Crippen molar-refractivity contribution in [3.63, 3.8) is 0 Å². The Morgan fingerprint density at radius 3 is 2.56 bits per heavy atom. The molecule has 0 bridgehead atoms. The van der Waals surface area contributed by atoms with Crippen molar-refractivity contribution in [3.8, 4) is 0 Å². The van der Waals surface area contributed by atoms with E-state index >= 15 is 0 Å². The highest BCUT2D eigenvalue weighted by Crippen LogP contribution is 2.39. The monoisotopic (exact) mass is 252 g/mol. The highest BCUT2D eigenvalue weighted by molar-refractivity contribution is 5.24. The van der Waals surface area contributed by atoms with Crippen molar-refractivity contribution >= 4 is 0 Å². The summed E-state index contributed by atoms with van der Waals surface area (Å²) in [5, 5.41) is 0. The minimum absolute atomic E-state index is 0.0178. The molecule has 1 saturated heterocycles. The van der Waals surface area contributed by atoms with Crippen LogP contribution in [0.2, 0.25) is 0 Å². The van der Waals surface area contributed by atoms with Gasteiger partial charge in [-0.25, -0.2) is 8.78 Å². The molecule has 2 nitrogen and oxygen atoms in total. The van der Waals surface area contributed by atoms with Crippen molar-refractivity contribution in [2.45, 2.75) is 43.8 Å². The minimum atomic E-state index is -0.791. The summed E-state index contributed by atoms with van der Waals surface area (Å²) in [5.41, 5.74) is 7.01. The SMILES string of the molecule is NC1CCCN(C2CC2)C1c1ccc(F)c(F)c1. The van der Waals surface area contributed by atoms with Gasteiger partial charge < -0.3 is 5.73 Å². The third-order valence-corrected chi connectivity index (χ3v) is 4.02. The third kappa shape index (κ3) is 2.15. The Morgan fingerprint density at radius 1 is 1.11 bits per heavy atom. The lowest BCUT2D eigenvalue weighted by Crippen LogP contribution is -2.46. The first-order valence-electron chi connectivity index (χ1n) is 6.63. The lowest BCUT2D eigenvalue weighted by Gasteiger charge is -2.40. The fourth-order valence-corrected chi connectivity index (χ4v) is 3.00. The molecule has 0 amide bonds. The first kappa shape index (κ1) is 12.1. The number of likely N-dealkylation sites (tertiary alicyclic amines) is 1. The molecule has 3 rings (SSSR count). The average Bonchev–Trinajstić information content (AvgIpc) is 3.17. The molecule has 1 aliphatic heterocycles. The van der Waals surface area contributed by atoms with Crippen LogP contribution in [0.25, 0.3) is 0 Å². The second-order valence-corrected chi connectivity index (χ2v) is 5.39. The van der Waals surface area contributed by atoms with Gasteiger partial charge in [-0.05, 0) is 49.9 Å². The van der Waals surface area contributed by atoms with E-state index < -0.39 is 11.6 Å². The van der Waals surface area contributed by atoms with Gasteiger partial charge >= 0.3 is 0 Å². The van der Waals surface area contributed by atoms with E-state index in [1.54, 1.807) is 6.07 Å². The summed E-state index contributed by atoms with van der Waals surface area (Å²) in [6, 6.07) is 4.83.